The first kappa shape index (κ1) is 11.7. The van der Waals surface area contributed by atoms with Gasteiger partial charge >= 0.3 is 5.97 Å². The monoisotopic (exact) mass is 250 g/mol. The second-order valence-electron chi connectivity index (χ2n) is 5.25. The second-order valence-corrected chi connectivity index (χ2v) is 5.25. The third-order valence-electron chi connectivity index (χ3n) is 4.07. The number of rotatable bonds is 2. The van der Waals surface area contributed by atoms with E-state index in [4.69, 9.17) is 4.74 Å². The Hall–Kier alpha value is -1.42. The van der Waals surface area contributed by atoms with E-state index in [0.29, 0.717) is 11.5 Å². The average Bonchev–Trinajstić information content (AvgIpc) is 2.40. The molecule has 0 unspecified atom stereocenters. The van der Waals surface area contributed by atoms with Crippen LogP contribution >= 0.6 is 0 Å². The molecular weight excluding hydrogens is 233 g/mol. The lowest BCUT2D eigenvalue weighted by atomic mass is 9.86. The molecule has 0 amide bonds. The van der Waals surface area contributed by atoms with Crippen LogP contribution in [0.3, 0.4) is 0 Å². The molecule has 3 aliphatic heterocycles. The maximum Gasteiger partial charge on any atom is 0.338 e. The molecular formula is C14H17FNO2+. The van der Waals surface area contributed by atoms with Gasteiger partial charge in [0.15, 0.2) is 6.10 Å². The molecule has 1 atom stereocenters. The highest BCUT2D eigenvalue weighted by Crippen LogP contribution is 2.22. The zero-order chi connectivity index (χ0) is 12.5. The number of esters is 1. The molecule has 1 N–H and O–H groups in total. The molecule has 3 nitrogen and oxygen atoms in total. The molecule has 1 aromatic rings. The standard InChI is InChI=1S/C14H16FNO2/c15-12-3-1-2-11(8-12)14(17)18-13-9-16-6-4-10(13)5-7-16/h1-3,8,10,13H,4-7,9H2/p+1/t13-/m0/s1. The number of carbonyl (C=O) groups is 1. The van der Waals surface area contributed by atoms with Gasteiger partial charge in [-0.1, -0.05) is 6.07 Å². The van der Waals surface area contributed by atoms with Gasteiger partial charge in [0.25, 0.3) is 0 Å². The van der Waals surface area contributed by atoms with Gasteiger partial charge in [0.1, 0.15) is 12.4 Å². The second kappa shape index (κ2) is 4.69. The fourth-order valence-electron chi connectivity index (χ4n) is 3.03. The smallest absolute Gasteiger partial charge is 0.338 e. The molecule has 4 heteroatoms. The van der Waals surface area contributed by atoms with Crippen LogP contribution in [-0.4, -0.2) is 31.7 Å². The van der Waals surface area contributed by atoms with E-state index in [0.717, 1.165) is 19.4 Å². The molecule has 3 heterocycles. The van der Waals surface area contributed by atoms with E-state index in [1.807, 2.05) is 0 Å². The fourth-order valence-corrected chi connectivity index (χ4v) is 3.03. The Balaban J connectivity index is 1.68. The van der Waals surface area contributed by atoms with Crippen LogP contribution in [0.4, 0.5) is 4.39 Å². The molecule has 4 rings (SSSR count). The Labute approximate surface area is 106 Å². The summed E-state index contributed by atoms with van der Waals surface area (Å²) in [6.45, 7) is 3.29. The predicted octanol–water partition coefficient (Wildman–Crippen LogP) is 0.660. The van der Waals surface area contributed by atoms with Crippen molar-refractivity contribution >= 4 is 5.97 Å². The van der Waals surface area contributed by atoms with Crippen molar-refractivity contribution in [3.8, 4) is 0 Å². The van der Waals surface area contributed by atoms with Crippen LogP contribution in [-0.2, 0) is 4.74 Å². The Kier molecular flexibility index (Phi) is 3.04. The van der Waals surface area contributed by atoms with Crippen molar-refractivity contribution in [1.29, 1.82) is 0 Å². The van der Waals surface area contributed by atoms with E-state index in [1.54, 1.807) is 6.07 Å². The molecule has 3 aliphatic rings. The Morgan fingerprint density at radius 1 is 1.33 bits per heavy atom. The number of hydrogen-bond donors (Lipinski definition) is 1. The number of quaternary nitrogens is 1. The lowest BCUT2D eigenvalue weighted by molar-refractivity contribution is -0.920. The fraction of sp³-hybridized carbons (Fsp3) is 0.500. The minimum absolute atomic E-state index is 0.0123. The summed E-state index contributed by atoms with van der Waals surface area (Å²) in [7, 11) is 0. The molecule has 2 bridgehead atoms. The van der Waals surface area contributed by atoms with Crippen LogP contribution in [0.15, 0.2) is 24.3 Å². The summed E-state index contributed by atoms with van der Waals surface area (Å²) in [5, 5.41) is 0. The van der Waals surface area contributed by atoms with Crippen molar-refractivity contribution in [2.45, 2.75) is 18.9 Å². The summed E-state index contributed by atoms with van der Waals surface area (Å²) in [4.78, 5) is 13.5. The van der Waals surface area contributed by atoms with Crippen LogP contribution < -0.4 is 4.90 Å². The topological polar surface area (TPSA) is 30.7 Å². The van der Waals surface area contributed by atoms with E-state index in [2.05, 4.69) is 0 Å². The molecule has 0 spiro atoms. The Morgan fingerprint density at radius 3 is 2.72 bits per heavy atom. The minimum Gasteiger partial charge on any atom is -0.452 e. The van der Waals surface area contributed by atoms with Crippen molar-refractivity contribution in [3.63, 3.8) is 0 Å². The van der Waals surface area contributed by atoms with Gasteiger partial charge in [-0.25, -0.2) is 9.18 Å². The van der Waals surface area contributed by atoms with Crippen LogP contribution in [0.25, 0.3) is 0 Å². The van der Waals surface area contributed by atoms with Gasteiger partial charge in [-0.05, 0) is 18.2 Å². The summed E-state index contributed by atoms with van der Waals surface area (Å²) < 4.78 is 18.6. The molecule has 0 radical (unpaired) electrons. The largest absolute Gasteiger partial charge is 0.452 e. The zero-order valence-corrected chi connectivity index (χ0v) is 10.2. The molecule has 0 aromatic heterocycles. The molecule has 18 heavy (non-hydrogen) atoms. The van der Waals surface area contributed by atoms with E-state index < -0.39 is 11.8 Å². The summed E-state index contributed by atoms with van der Waals surface area (Å²) in [6, 6.07) is 5.69. The Morgan fingerprint density at radius 2 is 2.11 bits per heavy atom. The highest BCUT2D eigenvalue weighted by Gasteiger charge is 2.39. The normalized spacial score (nSPS) is 30.2. The number of carbonyl (C=O) groups excluding carboxylic acids is 1. The van der Waals surface area contributed by atoms with E-state index in [-0.39, 0.29) is 6.10 Å². The lowest BCUT2D eigenvalue weighted by Gasteiger charge is -2.41. The van der Waals surface area contributed by atoms with Crippen molar-refractivity contribution in [2.24, 2.45) is 5.92 Å². The number of fused-ring (bicyclic) bond motifs is 3. The highest BCUT2D eigenvalue weighted by atomic mass is 19.1. The third-order valence-corrected chi connectivity index (χ3v) is 4.07. The SMILES string of the molecule is O=C(O[C@H]1C[NH+]2CCC1CC2)c1cccc(F)c1. The van der Waals surface area contributed by atoms with Gasteiger partial charge in [0.2, 0.25) is 0 Å². The first-order valence-electron chi connectivity index (χ1n) is 6.52. The maximum atomic E-state index is 13.0. The number of benzene rings is 1. The average molecular weight is 250 g/mol. The molecule has 1 aromatic carbocycles. The first-order valence-corrected chi connectivity index (χ1v) is 6.52. The van der Waals surface area contributed by atoms with Crippen LogP contribution in [0.1, 0.15) is 23.2 Å². The van der Waals surface area contributed by atoms with Crippen LogP contribution in [0, 0.1) is 11.7 Å². The van der Waals surface area contributed by atoms with Crippen LogP contribution in [0.5, 0.6) is 0 Å². The van der Waals surface area contributed by atoms with Crippen molar-refractivity contribution in [2.75, 3.05) is 19.6 Å². The van der Waals surface area contributed by atoms with Gasteiger partial charge in [-0.15, -0.1) is 0 Å². The van der Waals surface area contributed by atoms with Crippen molar-refractivity contribution < 1.29 is 18.8 Å². The minimum atomic E-state index is -0.399. The van der Waals surface area contributed by atoms with Gasteiger partial charge in [-0.2, -0.15) is 0 Å². The Bertz CT molecular complexity index is 455. The van der Waals surface area contributed by atoms with Gasteiger partial charge in [-0.3, -0.25) is 0 Å². The van der Waals surface area contributed by atoms with E-state index in [1.165, 1.54) is 36.2 Å². The lowest BCUT2D eigenvalue weighted by Crippen LogP contribution is -3.16. The summed E-state index contributed by atoms with van der Waals surface area (Å²) in [6.07, 6.45) is 2.28. The molecule has 96 valence electrons. The molecule has 0 aliphatic carbocycles. The van der Waals surface area contributed by atoms with E-state index in [9.17, 15) is 9.18 Å². The quantitative estimate of drug-likeness (QED) is 0.782. The van der Waals surface area contributed by atoms with Crippen LogP contribution in [0.2, 0.25) is 0 Å². The summed E-state index contributed by atoms with van der Waals surface area (Å²) in [5.41, 5.74) is 0.307. The third kappa shape index (κ3) is 2.25. The van der Waals surface area contributed by atoms with Crippen molar-refractivity contribution in [3.05, 3.63) is 35.6 Å². The van der Waals surface area contributed by atoms with E-state index >= 15 is 0 Å². The maximum absolute atomic E-state index is 13.0. The first-order chi connectivity index (χ1) is 8.72. The number of piperidine rings is 3. The summed E-state index contributed by atoms with van der Waals surface area (Å²) in [5.74, 6) is -0.295. The molecule has 3 saturated heterocycles. The number of ether oxygens (including phenoxy) is 1. The number of nitrogens with one attached hydrogen (secondary N) is 1. The van der Waals surface area contributed by atoms with Gasteiger partial charge in [0.05, 0.1) is 18.7 Å². The number of halogens is 1. The molecule has 3 fully saturated rings. The highest BCUT2D eigenvalue weighted by molar-refractivity contribution is 5.89. The van der Waals surface area contributed by atoms with Crippen molar-refractivity contribution in [1.82, 2.24) is 0 Å². The molecule has 0 saturated carbocycles. The number of hydrogen-bond acceptors (Lipinski definition) is 2. The predicted molar refractivity (Wildman–Crippen MR) is 63.9 cm³/mol. The van der Waals surface area contributed by atoms with Gasteiger partial charge in [0, 0.05) is 18.8 Å². The zero-order valence-electron chi connectivity index (χ0n) is 10.2. The summed E-state index contributed by atoms with van der Waals surface area (Å²) >= 11 is 0. The van der Waals surface area contributed by atoms with Gasteiger partial charge < -0.3 is 9.64 Å².